The highest BCUT2D eigenvalue weighted by molar-refractivity contribution is 6.09. The van der Waals surface area contributed by atoms with E-state index in [-0.39, 0.29) is 5.91 Å². The van der Waals surface area contributed by atoms with Crippen molar-refractivity contribution in [2.75, 3.05) is 19.5 Å². The maximum atomic E-state index is 12.8. The molecule has 5 nitrogen and oxygen atoms in total. The highest BCUT2D eigenvalue weighted by atomic mass is 16.5. The second-order valence-corrected chi connectivity index (χ2v) is 6.31. The first-order valence-electron chi connectivity index (χ1n) is 8.35. The van der Waals surface area contributed by atoms with Crippen LogP contribution < -0.4 is 14.8 Å². The number of hydrogen-bond donors (Lipinski definition) is 1. The van der Waals surface area contributed by atoms with Gasteiger partial charge in [0, 0.05) is 16.6 Å². The smallest absolute Gasteiger partial charge is 0.255 e. The van der Waals surface area contributed by atoms with Crippen molar-refractivity contribution in [1.29, 1.82) is 0 Å². The summed E-state index contributed by atoms with van der Waals surface area (Å²) in [4.78, 5) is 17.4. The van der Waals surface area contributed by atoms with Gasteiger partial charge in [0.1, 0.15) is 0 Å². The third kappa shape index (κ3) is 3.33. The quantitative estimate of drug-likeness (QED) is 0.756. The molecule has 3 aromatic rings. The molecule has 1 aromatic heterocycles. The van der Waals surface area contributed by atoms with Crippen molar-refractivity contribution in [3.8, 4) is 11.5 Å². The molecule has 0 fully saturated rings. The van der Waals surface area contributed by atoms with Crippen LogP contribution in [0.5, 0.6) is 11.5 Å². The molecule has 0 atom stereocenters. The minimum atomic E-state index is -0.211. The molecule has 26 heavy (non-hydrogen) atoms. The lowest BCUT2D eigenvalue weighted by Crippen LogP contribution is -2.13. The molecule has 0 aliphatic heterocycles. The Morgan fingerprint density at radius 2 is 1.69 bits per heavy atom. The summed E-state index contributed by atoms with van der Waals surface area (Å²) in [7, 11) is 3.11. The fraction of sp³-hybridized carbons (Fsp3) is 0.238. The van der Waals surface area contributed by atoms with Crippen molar-refractivity contribution < 1.29 is 14.3 Å². The van der Waals surface area contributed by atoms with Crippen LogP contribution in [0, 0.1) is 20.8 Å². The number of methoxy groups -OCH3 is 2. The molecule has 0 radical (unpaired) electrons. The number of carbonyl (C=O) groups is 1. The first kappa shape index (κ1) is 17.7. The summed E-state index contributed by atoms with van der Waals surface area (Å²) in [6.07, 6.45) is 0. The molecule has 2 aromatic carbocycles. The number of nitrogens with zero attached hydrogens (tertiary/aromatic N) is 1. The molecule has 1 N–H and O–H groups in total. The van der Waals surface area contributed by atoms with Gasteiger partial charge < -0.3 is 14.8 Å². The molecule has 3 rings (SSSR count). The van der Waals surface area contributed by atoms with Crippen LogP contribution in [-0.2, 0) is 0 Å². The lowest BCUT2D eigenvalue weighted by Gasteiger charge is -2.13. The van der Waals surface area contributed by atoms with E-state index in [4.69, 9.17) is 9.47 Å². The van der Waals surface area contributed by atoms with Gasteiger partial charge in [0.05, 0.1) is 25.4 Å². The van der Waals surface area contributed by atoms with E-state index in [1.54, 1.807) is 32.4 Å². The van der Waals surface area contributed by atoms with Crippen molar-refractivity contribution in [2.24, 2.45) is 0 Å². The summed E-state index contributed by atoms with van der Waals surface area (Å²) in [6.45, 7) is 5.98. The Morgan fingerprint density at radius 1 is 0.962 bits per heavy atom. The zero-order chi connectivity index (χ0) is 18.8. The van der Waals surface area contributed by atoms with Crippen LogP contribution in [0.2, 0.25) is 0 Å². The molecule has 5 heteroatoms. The summed E-state index contributed by atoms with van der Waals surface area (Å²) in [5.41, 5.74) is 5.21. The Balaban J connectivity index is 2.02. The summed E-state index contributed by atoms with van der Waals surface area (Å²) in [5.74, 6) is 0.889. The van der Waals surface area contributed by atoms with E-state index in [1.165, 1.54) is 0 Å². The van der Waals surface area contributed by atoms with Gasteiger partial charge in [-0.25, -0.2) is 0 Å². The lowest BCUT2D eigenvalue weighted by molar-refractivity contribution is 0.102. The van der Waals surface area contributed by atoms with Gasteiger partial charge in [-0.2, -0.15) is 0 Å². The van der Waals surface area contributed by atoms with E-state index in [0.29, 0.717) is 17.1 Å². The number of hydrogen-bond acceptors (Lipinski definition) is 4. The summed E-state index contributed by atoms with van der Waals surface area (Å²) in [5, 5.41) is 3.94. The second kappa shape index (κ2) is 7.04. The van der Waals surface area contributed by atoms with E-state index in [2.05, 4.69) is 16.4 Å². The average Bonchev–Trinajstić information content (AvgIpc) is 2.62. The zero-order valence-corrected chi connectivity index (χ0v) is 15.6. The standard InChI is InChI=1S/C21H22N2O3/c1-12-8-13(2)20-16(9-12)17(10-14(3)22-20)23-21(24)15-6-7-18(25-4)19(11-15)26-5/h6-11H,1-5H3,(H,22,23,24). The Hall–Kier alpha value is -3.08. The number of aryl methyl sites for hydroxylation is 3. The molecule has 0 unspecified atom stereocenters. The monoisotopic (exact) mass is 350 g/mol. The van der Waals surface area contributed by atoms with Crippen LogP contribution in [0.25, 0.3) is 10.9 Å². The number of amides is 1. The number of benzene rings is 2. The molecule has 0 bridgehead atoms. The van der Waals surface area contributed by atoms with E-state index in [9.17, 15) is 4.79 Å². The number of aromatic nitrogens is 1. The van der Waals surface area contributed by atoms with Crippen molar-refractivity contribution in [3.63, 3.8) is 0 Å². The van der Waals surface area contributed by atoms with Crippen LogP contribution in [0.15, 0.2) is 36.4 Å². The van der Waals surface area contributed by atoms with Crippen molar-refractivity contribution in [1.82, 2.24) is 4.98 Å². The van der Waals surface area contributed by atoms with Crippen LogP contribution in [0.3, 0.4) is 0 Å². The number of pyridine rings is 1. The van der Waals surface area contributed by atoms with Gasteiger partial charge in [-0.3, -0.25) is 9.78 Å². The second-order valence-electron chi connectivity index (χ2n) is 6.31. The van der Waals surface area contributed by atoms with E-state index >= 15 is 0 Å². The number of rotatable bonds is 4. The molecule has 0 aliphatic carbocycles. The van der Waals surface area contributed by atoms with Crippen LogP contribution >= 0.6 is 0 Å². The molecule has 1 amide bonds. The number of ether oxygens (including phenoxy) is 2. The molecule has 0 spiro atoms. The van der Waals surface area contributed by atoms with Crippen LogP contribution in [0.4, 0.5) is 5.69 Å². The summed E-state index contributed by atoms with van der Waals surface area (Å²) in [6, 6.07) is 11.1. The van der Waals surface area contributed by atoms with E-state index in [1.807, 2.05) is 32.9 Å². The number of nitrogens with one attached hydrogen (secondary N) is 1. The van der Waals surface area contributed by atoms with Gasteiger partial charge in [0.25, 0.3) is 5.91 Å². The van der Waals surface area contributed by atoms with Gasteiger partial charge in [-0.15, -0.1) is 0 Å². The van der Waals surface area contributed by atoms with Gasteiger partial charge in [0.2, 0.25) is 0 Å². The predicted octanol–water partition coefficient (Wildman–Crippen LogP) is 4.43. The SMILES string of the molecule is COc1ccc(C(=O)Nc2cc(C)nc3c(C)cc(C)cc23)cc1OC. The molecular formula is C21H22N2O3. The minimum absolute atomic E-state index is 0.211. The highest BCUT2D eigenvalue weighted by Gasteiger charge is 2.14. The largest absolute Gasteiger partial charge is 0.493 e. The minimum Gasteiger partial charge on any atom is -0.493 e. The Bertz CT molecular complexity index is 996. The maximum absolute atomic E-state index is 12.8. The number of carbonyl (C=O) groups excluding carboxylic acids is 1. The van der Waals surface area contributed by atoms with Crippen LogP contribution in [0.1, 0.15) is 27.2 Å². The molecule has 0 saturated carbocycles. The van der Waals surface area contributed by atoms with Gasteiger partial charge >= 0.3 is 0 Å². The van der Waals surface area contributed by atoms with Gasteiger partial charge in [-0.05, 0) is 56.7 Å². The third-order valence-corrected chi connectivity index (χ3v) is 4.27. The fourth-order valence-electron chi connectivity index (χ4n) is 3.08. The summed E-state index contributed by atoms with van der Waals surface area (Å²) < 4.78 is 10.5. The predicted molar refractivity (Wildman–Crippen MR) is 103 cm³/mol. The first-order valence-corrected chi connectivity index (χ1v) is 8.35. The zero-order valence-electron chi connectivity index (χ0n) is 15.6. The topological polar surface area (TPSA) is 60.5 Å². The Labute approximate surface area is 153 Å². The Morgan fingerprint density at radius 3 is 2.38 bits per heavy atom. The molecule has 1 heterocycles. The molecule has 134 valence electrons. The van der Waals surface area contributed by atoms with Crippen molar-refractivity contribution >= 4 is 22.5 Å². The highest BCUT2D eigenvalue weighted by Crippen LogP contribution is 2.30. The van der Waals surface area contributed by atoms with E-state index in [0.717, 1.165) is 33.4 Å². The van der Waals surface area contributed by atoms with Gasteiger partial charge in [-0.1, -0.05) is 11.6 Å². The molecule has 0 saturated heterocycles. The molecular weight excluding hydrogens is 328 g/mol. The van der Waals surface area contributed by atoms with E-state index < -0.39 is 0 Å². The van der Waals surface area contributed by atoms with Gasteiger partial charge in [0.15, 0.2) is 11.5 Å². The normalized spacial score (nSPS) is 10.7. The third-order valence-electron chi connectivity index (χ3n) is 4.27. The number of anilines is 1. The fourth-order valence-corrected chi connectivity index (χ4v) is 3.08. The summed E-state index contributed by atoms with van der Waals surface area (Å²) >= 11 is 0. The molecule has 0 aliphatic rings. The first-order chi connectivity index (χ1) is 12.4. The van der Waals surface area contributed by atoms with Crippen molar-refractivity contribution in [2.45, 2.75) is 20.8 Å². The van der Waals surface area contributed by atoms with Crippen molar-refractivity contribution in [3.05, 3.63) is 58.8 Å². The average molecular weight is 350 g/mol. The maximum Gasteiger partial charge on any atom is 0.255 e. The number of fused-ring (bicyclic) bond motifs is 1. The Kier molecular flexibility index (Phi) is 4.80. The van der Waals surface area contributed by atoms with Crippen LogP contribution in [-0.4, -0.2) is 25.1 Å². The lowest BCUT2D eigenvalue weighted by atomic mass is 10.0.